The van der Waals surface area contributed by atoms with Gasteiger partial charge in [-0.1, -0.05) is 18.2 Å². The van der Waals surface area contributed by atoms with Gasteiger partial charge < -0.3 is 5.11 Å². The van der Waals surface area contributed by atoms with Gasteiger partial charge in [0.15, 0.2) is 0 Å². The Morgan fingerprint density at radius 2 is 2.10 bits per heavy atom. The second kappa shape index (κ2) is 5.44. The van der Waals surface area contributed by atoms with E-state index in [2.05, 4.69) is 17.1 Å². The molecule has 1 saturated carbocycles. The molecule has 1 aliphatic rings. The Labute approximate surface area is 122 Å². The van der Waals surface area contributed by atoms with Crippen LogP contribution in [0.4, 0.5) is 0 Å². The predicted octanol–water partition coefficient (Wildman–Crippen LogP) is 3.72. The zero-order chi connectivity index (χ0) is 14.0. The second-order valence-corrected chi connectivity index (χ2v) is 6.54. The molecule has 1 aromatic carbocycles. The molecule has 104 valence electrons. The number of carboxylic acid groups (broad SMARTS) is 1. The molecular weight excluding hydrogens is 270 g/mol. The SMILES string of the molecule is O=C(O)CC1(CSCc2ccnc3ccccc23)CC1. The minimum absolute atomic E-state index is 0.0688. The first kappa shape index (κ1) is 13.4. The fourth-order valence-corrected chi connectivity index (χ4v) is 3.93. The van der Waals surface area contributed by atoms with Crippen molar-refractivity contribution < 1.29 is 9.90 Å². The number of benzene rings is 1. The van der Waals surface area contributed by atoms with E-state index in [0.717, 1.165) is 29.9 Å². The van der Waals surface area contributed by atoms with Crippen LogP contribution in [0.15, 0.2) is 36.5 Å². The van der Waals surface area contributed by atoms with Gasteiger partial charge in [0.05, 0.1) is 11.9 Å². The van der Waals surface area contributed by atoms with Crippen LogP contribution in [-0.4, -0.2) is 21.8 Å². The van der Waals surface area contributed by atoms with Crippen LogP contribution in [-0.2, 0) is 10.5 Å². The zero-order valence-electron chi connectivity index (χ0n) is 11.2. The van der Waals surface area contributed by atoms with Crippen LogP contribution >= 0.6 is 11.8 Å². The first-order valence-electron chi connectivity index (χ1n) is 6.81. The number of nitrogens with zero attached hydrogens (tertiary/aromatic N) is 1. The van der Waals surface area contributed by atoms with E-state index in [1.54, 1.807) is 0 Å². The fourth-order valence-electron chi connectivity index (χ4n) is 2.53. The smallest absolute Gasteiger partial charge is 0.303 e. The largest absolute Gasteiger partial charge is 0.481 e. The summed E-state index contributed by atoms with van der Waals surface area (Å²) < 4.78 is 0. The quantitative estimate of drug-likeness (QED) is 0.879. The number of thioether (sulfide) groups is 1. The highest BCUT2D eigenvalue weighted by molar-refractivity contribution is 7.98. The van der Waals surface area contributed by atoms with Crippen molar-refractivity contribution in [2.75, 3.05) is 5.75 Å². The molecule has 1 aromatic heterocycles. The molecule has 0 amide bonds. The van der Waals surface area contributed by atoms with Gasteiger partial charge in [0.2, 0.25) is 0 Å². The Bertz CT molecular complexity index is 632. The highest BCUT2D eigenvalue weighted by Gasteiger charge is 2.43. The van der Waals surface area contributed by atoms with E-state index in [-0.39, 0.29) is 5.41 Å². The minimum atomic E-state index is -0.669. The summed E-state index contributed by atoms with van der Waals surface area (Å²) in [6.45, 7) is 0. The summed E-state index contributed by atoms with van der Waals surface area (Å²) in [6.07, 6.45) is 4.28. The van der Waals surface area contributed by atoms with Crippen molar-refractivity contribution in [3.63, 3.8) is 0 Å². The third kappa shape index (κ3) is 2.96. The average Bonchev–Trinajstić information content (AvgIpc) is 3.18. The molecule has 0 spiro atoms. The van der Waals surface area contributed by atoms with E-state index in [9.17, 15) is 4.79 Å². The van der Waals surface area contributed by atoms with Gasteiger partial charge in [0, 0.05) is 17.3 Å². The summed E-state index contributed by atoms with van der Waals surface area (Å²) in [4.78, 5) is 15.2. The first-order valence-corrected chi connectivity index (χ1v) is 7.96. The molecule has 3 rings (SSSR count). The molecule has 0 radical (unpaired) electrons. The lowest BCUT2D eigenvalue weighted by Crippen LogP contribution is -2.11. The molecule has 1 N–H and O–H groups in total. The highest BCUT2D eigenvalue weighted by atomic mass is 32.2. The average molecular weight is 287 g/mol. The summed E-state index contributed by atoms with van der Waals surface area (Å²) in [7, 11) is 0. The van der Waals surface area contributed by atoms with Crippen molar-refractivity contribution in [1.29, 1.82) is 0 Å². The van der Waals surface area contributed by atoms with Crippen molar-refractivity contribution >= 4 is 28.6 Å². The number of hydrogen-bond acceptors (Lipinski definition) is 3. The lowest BCUT2D eigenvalue weighted by Gasteiger charge is -2.12. The van der Waals surface area contributed by atoms with Gasteiger partial charge in [-0.2, -0.15) is 11.8 Å². The third-order valence-corrected chi connectivity index (χ3v) is 5.22. The third-order valence-electron chi connectivity index (χ3n) is 3.89. The Morgan fingerprint density at radius 3 is 2.85 bits per heavy atom. The van der Waals surface area contributed by atoms with Crippen LogP contribution < -0.4 is 0 Å². The molecule has 0 unspecified atom stereocenters. The van der Waals surface area contributed by atoms with Crippen LogP contribution in [0.2, 0.25) is 0 Å². The van der Waals surface area contributed by atoms with Crippen molar-refractivity contribution in [3.8, 4) is 0 Å². The molecule has 0 saturated heterocycles. The number of aromatic nitrogens is 1. The molecule has 1 aliphatic carbocycles. The number of carbonyl (C=O) groups is 1. The summed E-state index contributed by atoms with van der Waals surface area (Å²) in [5, 5.41) is 10.1. The number of para-hydroxylation sites is 1. The molecule has 1 heterocycles. The Balaban J connectivity index is 1.65. The molecule has 0 aliphatic heterocycles. The fraction of sp³-hybridized carbons (Fsp3) is 0.375. The minimum Gasteiger partial charge on any atom is -0.481 e. The summed E-state index contributed by atoms with van der Waals surface area (Å²) in [6, 6.07) is 10.2. The van der Waals surface area contributed by atoms with E-state index in [0.29, 0.717) is 6.42 Å². The number of hydrogen-bond donors (Lipinski definition) is 1. The van der Waals surface area contributed by atoms with Gasteiger partial charge in [-0.3, -0.25) is 9.78 Å². The summed E-state index contributed by atoms with van der Waals surface area (Å²) >= 11 is 1.84. The second-order valence-electron chi connectivity index (χ2n) is 5.55. The van der Waals surface area contributed by atoms with E-state index in [4.69, 9.17) is 5.11 Å². The predicted molar refractivity (Wildman–Crippen MR) is 81.8 cm³/mol. The van der Waals surface area contributed by atoms with Crippen molar-refractivity contribution in [2.24, 2.45) is 5.41 Å². The lowest BCUT2D eigenvalue weighted by atomic mass is 10.1. The molecule has 3 nitrogen and oxygen atoms in total. The van der Waals surface area contributed by atoms with Gasteiger partial charge in [-0.05, 0) is 41.7 Å². The van der Waals surface area contributed by atoms with Crippen LogP contribution in [0.3, 0.4) is 0 Å². The van der Waals surface area contributed by atoms with E-state index in [1.807, 2.05) is 36.2 Å². The number of rotatable bonds is 6. The van der Waals surface area contributed by atoms with Crippen molar-refractivity contribution in [3.05, 3.63) is 42.1 Å². The summed E-state index contributed by atoms with van der Waals surface area (Å²) in [5.74, 6) is 1.19. The van der Waals surface area contributed by atoms with Gasteiger partial charge in [-0.25, -0.2) is 0 Å². The van der Waals surface area contributed by atoms with Crippen LogP contribution in [0.1, 0.15) is 24.8 Å². The number of carboxylic acids is 1. The van der Waals surface area contributed by atoms with Gasteiger partial charge >= 0.3 is 5.97 Å². The molecule has 4 heteroatoms. The molecule has 1 fully saturated rings. The van der Waals surface area contributed by atoms with Gasteiger partial charge in [0.25, 0.3) is 0 Å². The number of pyridine rings is 1. The highest BCUT2D eigenvalue weighted by Crippen LogP contribution is 2.51. The van der Waals surface area contributed by atoms with E-state index < -0.39 is 5.97 Å². The van der Waals surface area contributed by atoms with E-state index in [1.165, 1.54) is 10.9 Å². The normalized spacial score (nSPS) is 16.2. The molecule has 2 aromatic rings. The topological polar surface area (TPSA) is 50.2 Å². The standard InChI is InChI=1S/C16H17NO2S/c18-15(19)9-16(6-7-16)11-20-10-12-5-8-17-14-4-2-1-3-13(12)14/h1-5,8H,6-7,9-11H2,(H,18,19). The van der Waals surface area contributed by atoms with Crippen LogP contribution in [0.5, 0.6) is 0 Å². The van der Waals surface area contributed by atoms with Crippen molar-refractivity contribution in [1.82, 2.24) is 4.98 Å². The lowest BCUT2D eigenvalue weighted by molar-refractivity contribution is -0.138. The zero-order valence-corrected chi connectivity index (χ0v) is 12.0. The molecule has 0 atom stereocenters. The van der Waals surface area contributed by atoms with Crippen LogP contribution in [0, 0.1) is 5.41 Å². The number of fused-ring (bicyclic) bond motifs is 1. The number of aliphatic carboxylic acids is 1. The Hall–Kier alpha value is -1.55. The van der Waals surface area contributed by atoms with Crippen LogP contribution in [0.25, 0.3) is 10.9 Å². The molecular formula is C16H17NO2S. The van der Waals surface area contributed by atoms with Crippen molar-refractivity contribution in [2.45, 2.75) is 25.0 Å². The van der Waals surface area contributed by atoms with Gasteiger partial charge in [0.1, 0.15) is 0 Å². The Morgan fingerprint density at radius 1 is 1.30 bits per heavy atom. The van der Waals surface area contributed by atoms with E-state index >= 15 is 0 Å². The monoisotopic (exact) mass is 287 g/mol. The maximum atomic E-state index is 10.8. The Kier molecular flexibility index (Phi) is 3.66. The summed E-state index contributed by atoms with van der Waals surface area (Å²) in [5.41, 5.74) is 2.38. The van der Waals surface area contributed by atoms with Gasteiger partial charge in [-0.15, -0.1) is 0 Å². The maximum Gasteiger partial charge on any atom is 0.303 e. The molecule has 0 bridgehead atoms. The maximum absolute atomic E-state index is 10.8. The molecule has 20 heavy (non-hydrogen) atoms. The first-order chi connectivity index (χ1) is 9.69.